The van der Waals surface area contributed by atoms with E-state index >= 15 is 0 Å². The van der Waals surface area contributed by atoms with Gasteiger partial charge in [0.15, 0.2) is 0 Å². The molecule has 0 amide bonds. The number of ether oxygens (including phenoxy) is 1. The third kappa shape index (κ3) is 4.54. The molecule has 1 fully saturated rings. The van der Waals surface area contributed by atoms with Crippen molar-refractivity contribution in [1.82, 2.24) is 14.5 Å². The average molecular weight is 436 g/mol. The van der Waals surface area contributed by atoms with Gasteiger partial charge >= 0.3 is 11.7 Å². The summed E-state index contributed by atoms with van der Waals surface area (Å²) in [5, 5.41) is 3.76. The van der Waals surface area contributed by atoms with Gasteiger partial charge in [-0.1, -0.05) is 13.3 Å². The van der Waals surface area contributed by atoms with Crippen LogP contribution in [-0.4, -0.2) is 27.2 Å². The lowest BCUT2D eigenvalue weighted by atomic mass is 10.2. The summed E-state index contributed by atoms with van der Waals surface area (Å²) in [5.74, 6) is -0.315. The van der Waals surface area contributed by atoms with Crippen LogP contribution < -0.4 is 16.6 Å². The number of esters is 1. The molecule has 0 spiro atoms. The summed E-state index contributed by atoms with van der Waals surface area (Å²) in [6, 6.07) is 0. The summed E-state index contributed by atoms with van der Waals surface area (Å²) in [5.41, 5.74) is -0.379. The molecule has 0 aromatic carbocycles. The Morgan fingerprint density at radius 1 is 1.27 bits per heavy atom. The molecule has 8 heteroatoms. The van der Waals surface area contributed by atoms with Crippen LogP contribution in [0, 0.1) is 6.92 Å². The lowest BCUT2D eigenvalue weighted by Gasteiger charge is -2.19. The maximum Gasteiger partial charge on any atom is 0.332 e. The Hall–Kier alpha value is -1.93. The zero-order valence-corrected chi connectivity index (χ0v) is 19.7. The highest BCUT2D eigenvalue weighted by atomic mass is 32.1. The molecule has 2 heterocycles. The Balaban J connectivity index is 1.96. The van der Waals surface area contributed by atoms with Gasteiger partial charge in [0.05, 0.1) is 17.5 Å². The monoisotopic (exact) mass is 435 g/mol. The number of nitrogens with zero attached hydrogens (tertiary/aromatic N) is 2. The Kier molecular flexibility index (Phi) is 6.30. The molecule has 166 valence electrons. The number of rotatable bonds is 8. The predicted octanol–water partition coefficient (Wildman–Crippen LogP) is 3.27. The van der Waals surface area contributed by atoms with E-state index in [1.807, 2.05) is 34.6 Å². The maximum atomic E-state index is 13.3. The molecule has 0 radical (unpaired) electrons. The number of carbonyl (C=O) groups excluding carboxylic acids is 1. The first-order chi connectivity index (χ1) is 14.0. The number of aromatic nitrogens is 2. The lowest BCUT2D eigenvalue weighted by molar-refractivity contribution is -0.153. The van der Waals surface area contributed by atoms with Gasteiger partial charge in [-0.05, 0) is 59.4 Å². The number of hydrogen-bond donors (Lipinski definition) is 1. The zero-order chi connectivity index (χ0) is 22.3. The van der Waals surface area contributed by atoms with Crippen LogP contribution in [0.1, 0.15) is 70.7 Å². The van der Waals surface area contributed by atoms with Crippen molar-refractivity contribution in [3.05, 3.63) is 31.3 Å². The molecule has 0 saturated heterocycles. The topological polar surface area (TPSA) is 82.3 Å². The molecule has 0 unspecified atom stereocenters. The molecule has 0 atom stereocenters. The van der Waals surface area contributed by atoms with Crippen LogP contribution in [0.5, 0.6) is 0 Å². The second-order valence-electron chi connectivity index (χ2n) is 9.45. The first-order valence-electron chi connectivity index (χ1n) is 10.7. The highest BCUT2D eigenvalue weighted by molar-refractivity contribution is 7.18. The first kappa shape index (κ1) is 22.7. The number of aryl methyl sites for hydroxylation is 2. The van der Waals surface area contributed by atoms with Crippen LogP contribution in [0.3, 0.4) is 0 Å². The minimum absolute atomic E-state index is 0.0932. The fourth-order valence-corrected chi connectivity index (χ4v) is 4.90. The van der Waals surface area contributed by atoms with Crippen molar-refractivity contribution in [1.29, 1.82) is 0 Å². The number of unbranched alkanes of at least 4 members (excludes halogenated alkanes) is 1. The summed E-state index contributed by atoms with van der Waals surface area (Å²) < 4.78 is 8.58. The molecule has 3 rings (SSSR count). The summed E-state index contributed by atoms with van der Waals surface area (Å²) in [6.45, 7) is 12.7. The smallest absolute Gasteiger partial charge is 0.332 e. The Morgan fingerprint density at radius 3 is 2.50 bits per heavy atom. The molecule has 1 aliphatic rings. The van der Waals surface area contributed by atoms with Crippen LogP contribution in [0.4, 0.5) is 0 Å². The van der Waals surface area contributed by atoms with E-state index in [9.17, 15) is 14.4 Å². The molecule has 1 saturated carbocycles. The molecule has 0 bridgehead atoms. The van der Waals surface area contributed by atoms with E-state index in [-0.39, 0.29) is 29.3 Å². The van der Waals surface area contributed by atoms with Crippen molar-refractivity contribution in [3.8, 4) is 0 Å². The van der Waals surface area contributed by atoms with E-state index < -0.39 is 5.60 Å². The molecular formula is C22H33N3O4S. The fraction of sp³-hybridized carbons (Fsp3) is 0.682. The van der Waals surface area contributed by atoms with Crippen molar-refractivity contribution < 1.29 is 9.53 Å². The fourth-order valence-electron chi connectivity index (χ4n) is 3.61. The summed E-state index contributed by atoms with van der Waals surface area (Å²) >= 11 is 1.47. The van der Waals surface area contributed by atoms with E-state index in [1.165, 1.54) is 15.9 Å². The molecule has 0 aliphatic heterocycles. The van der Waals surface area contributed by atoms with Gasteiger partial charge in [-0.25, -0.2) is 4.79 Å². The van der Waals surface area contributed by atoms with Crippen molar-refractivity contribution in [2.75, 3.05) is 6.54 Å². The van der Waals surface area contributed by atoms with Gasteiger partial charge in [-0.2, -0.15) is 0 Å². The SMILES string of the molecule is CCCCn1c(=O)n(C2(C)CC2)c(=O)c2c(C)c(CNCC(=O)OC(C)(C)C)sc21. The quantitative estimate of drug-likeness (QED) is 0.644. The minimum atomic E-state index is -0.522. The van der Waals surface area contributed by atoms with E-state index in [1.54, 1.807) is 4.57 Å². The van der Waals surface area contributed by atoms with Gasteiger partial charge in [0.1, 0.15) is 10.4 Å². The van der Waals surface area contributed by atoms with Crippen LogP contribution in [0.15, 0.2) is 9.59 Å². The van der Waals surface area contributed by atoms with Gasteiger partial charge in [0.25, 0.3) is 5.56 Å². The Bertz CT molecular complexity index is 1070. The largest absolute Gasteiger partial charge is 0.459 e. The van der Waals surface area contributed by atoms with Gasteiger partial charge in [-0.3, -0.25) is 18.7 Å². The van der Waals surface area contributed by atoms with E-state index in [0.717, 1.165) is 41.0 Å². The molecule has 1 aliphatic carbocycles. The second kappa shape index (κ2) is 8.30. The van der Waals surface area contributed by atoms with Crippen LogP contribution in [0.2, 0.25) is 0 Å². The van der Waals surface area contributed by atoms with Gasteiger partial charge in [0.2, 0.25) is 0 Å². The van der Waals surface area contributed by atoms with Gasteiger partial charge < -0.3 is 10.1 Å². The average Bonchev–Trinajstić information content (AvgIpc) is 3.27. The maximum absolute atomic E-state index is 13.3. The number of fused-ring (bicyclic) bond motifs is 1. The van der Waals surface area contributed by atoms with Crippen molar-refractivity contribution in [3.63, 3.8) is 0 Å². The number of hydrogen-bond acceptors (Lipinski definition) is 6. The highest BCUT2D eigenvalue weighted by Gasteiger charge is 2.43. The number of thiophene rings is 1. The first-order valence-corrected chi connectivity index (χ1v) is 11.5. The normalized spacial score (nSPS) is 15.5. The van der Waals surface area contributed by atoms with Crippen molar-refractivity contribution in [2.45, 2.75) is 91.5 Å². The Labute approximate surface area is 181 Å². The summed E-state index contributed by atoms with van der Waals surface area (Å²) in [7, 11) is 0. The molecule has 30 heavy (non-hydrogen) atoms. The Morgan fingerprint density at radius 2 is 1.93 bits per heavy atom. The van der Waals surface area contributed by atoms with Gasteiger partial charge in [0, 0.05) is 18.0 Å². The zero-order valence-electron chi connectivity index (χ0n) is 18.9. The summed E-state index contributed by atoms with van der Waals surface area (Å²) in [4.78, 5) is 40.2. The minimum Gasteiger partial charge on any atom is -0.459 e. The van der Waals surface area contributed by atoms with E-state index in [0.29, 0.717) is 18.5 Å². The predicted molar refractivity (Wildman–Crippen MR) is 120 cm³/mol. The molecule has 2 aromatic rings. The molecule has 2 aromatic heterocycles. The van der Waals surface area contributed by atoms with E-state index in [4.69, 9.17) is 4.74 Å². The standard InChI is InChI=1S/C22H33N3O4S/c1-7-8-11-24-19-17(18(27)25(20(24)28)22(6)9-10-22)14(2)15(30-19)12-23-13-16(26)29-21(3,4)5/h23H,7-13H2,1-6H3. The molecular weight excluding hydrogens is 402 g/mol. The molecule has 1 N–H and O–H groups in total. The lowest BCUT2D eigenvalue weighted by Crippen LogP contribution is -2.44. The van der Waals surface area contributed by atoms with Crippen LogP contribution in [0.25, 0.3) is 10.2 Å². The van der Waals surface area contributed by atoms with Crippen LogP contribution in [-0.2, 0) is 28.2 Å². The van der Waals surface area contributed by atoms with Crippen molar-refractivity contribution >= 4 is 27.5 Å². The summed E-state index contributed by atoms with van der Waals surface area (Å²) in [6.07, 6.45) is 3.57. The van der Waals surface area contributed by atoms with E-state index in [2.05, 4.69) is 12.2 Å². The second-order valence-corrected chi connectivity index (χ2v) is 10.5. The van der Waals surface area contributed by atoms with Crippen molar-refractivity contribution in [2.24, 2.45) is 0 Å². The third-order valence-electron chi connectivity index (χ3n) is 5.53. The van der Waals surface area contributed by atoms with Crippen LogP contribution >= 0.6 is 11.3 Å². The third-order valence-corrected chi connectivity index (χ3v) is 6.85. The number of carbonyl (C=O) groups is 1. The molecule has 7 nitrogen and oxygen atoms in total. The number of nitrogens with one attached hydrogen (secondary N) is 1. The highest BCUT2D eigenvalue weighted by Crippen LogP contribution is 2.41. The van der Waals surface area contributed by atoms with Gasteiger partial charge in [-0.15, -0.1) is 11.3 Å².